The predicted octanol–water partition coefficient (Wildman–Crippen LogP) is 3.70. The van der Waals surface area contributed by atoms with Crippen LogP contribution in [-0.4, -0.2) is 35.0 Å². The Labute approximate surface area is 141 Å². The molecule has 0 unspecified atom stereocenters. The van der Waals surface area contributed by atoms with E-state index in [-0.39, 0.29) is 18.0 Å². The Hall–Kier alpha value is -1.72. The van der Waals surface area contributed by atoms with Gasteiger partial charge in [0.2, 0.25) is 0 Å². The number of amides is 1. The molecule has 23 heavy (non-hydrogen) atoms. The van der Waals surface area contributed by atoms with E-state index >= 15 is 0 Å². The number of thiazole rings is 1. The molecule has 1 amide bonds. The molecule has 1 fully saturated rings. The highest BCUT2D eigenvalue weighted by atomic mass is 32.1. The normalized spacial score (nSPS) is 24.1. The lowest BCUT2D eigenvalue weighted by molar-refractivity contribution is 0.0688. The Morgan fingerprint density at radius 3 is 2.78 bits per heavy atom. The Balaban J connectivity index is 1.85. The van der Waals surface area contributed by atoms with Crippen molar-refractivity contribution in [1.82, 2.24) is 9.88 Å². The van der Waals surface area contributed by atoms with E-state index in [1.807, 2.05) is 11.0 Å². The smallest absolute Gasteiger partial charge is 0.266 e. The minimum atomic E-state index is 0.0815. The first-order valence-corrected chi connectivity index (χ1v) is 8.80. The van der Waals surface area contributed by atoms with E-state index in [0.717, 1.165) is 12.1 Å². The molecule has 1 aliphatic heterocycles. The minimum absolute atomic E-state index is 0.0815. The molecular weight excluding hydrogens is 308 g/mol. The first-order valence-electron chi connectivity index (χ1n) is 7.92. The van der Waals surface area contributed by atoms with Gasteiger partial charge in [-0.15, -0.1) is 11.3 Å². The summed E-state index contributed by atoms with van der Waals surface area (Å²) in [6, 6.07) is 10.9. The molecule has 1 saturated heterocycles. The highest BCUT2D eigenvalue weighted by Crippen LogP contribution is 2.38. The van der Waals surface area contributed by atoms with Gasteiger partial charge in [-0.3, -0.25) is 4.79 Å². The van der Waals surface area contributed by atoms with Gasteiger partial charge in [-0.25, -0.2) is 4.98 Å². The van der Waals surface area contributed by atoms with Crippen molar-refractivity contribution in [2.75, 3.05) is 7.11 Å². The highest BCUT2D eigenvalue weighted by molar-refractivity contribution is 7.11. The number of likely N-dealkylation sites (tertiary alicyclic amines) is 1. The quantitative estimate of drug-likeness (QED) is 0.858. The van der Waals surface area contributed by atoms with Crippen LogP contribution in [0.4, 0.5) is 0 Å². The fourth-order valence-corrected chi connectivity index (χ4v) is 4.31. The number of carbonyl (C=O) groups excluding carboxylic acids is 1. The van der Waals surface area contributed by atoms with Gasteiger partial charge >= 0.3 is 0 Å². The maximum Gasteiger partial charge on any atom is 0.266 e. The van der Waals surface area contributed by atoms with E-state index in [0.29, 0.717) is 17.4 Å². The zero-order valence-electron chi connectivity index (χ0n) is 13.7. The third-order valence-electron chi connectivity index (χ3n) is 4.67. The van der Waals surface area contributed by atoms with Gasteiger partial charge < -0.3 is 9.64 Å². The molecule has 0 spiro atoms. The number of hydrogen-bond acceptors (Lipinski definition) is 4. The maximum absolute atomic E-state index is 13.0. The van der Waals surface area contributed by atoms with Crippen molar-refractivity contribution in [2.24, 2.45) is 0 Å². The molecule has 1 aromatic carbocycles. The molecule has 0 radical (unpaired) electrons. The van der Waals surface area contributed by atoms with Gasteiger partial charge in [0.05, 0.1) is 17.8 Å². The second kappa shape index (κ2) is 6.81. The van der Waals surface area contributed by atoms with Crippen molar-refractivity contribution >= 4 is 17.2 Å². The third-order valence-corrected chi connectivity index (χ3v) is 5.53. The summed E-state index contributed by atoms with van der Waals surface area (Å²) in [5.41, 5.74) is 3.77. The second-order valence-electron chi connectivity index (χ2n) is 6.12. The predicted molar refractivity (Wildman–Crippen MR) is 91.7 cm³/mol. The van der Waals surface area contributed by atoms with Gasteiger partial charge in [-0.2, -0.15) is 0 Å². The van der Waals surface area contributed by atoms with Crippen LogP contribution < -0.4 is 0 Å². The zero-order valence-corrected chi connectivity index (χ0v) is 14.5. The number of methoxy groups -OCH3 is 1. The maximum atomic E-state index is 13.0. The van der Waals surface area contributed by atoms with Crippen LogP contribution in [-0.2, 0) is 11.3 Å². The standard InChI is InChI=1S/C18H22N2O2S/c1-12-9-15(14-7-5-4-6-8-14)13(2)20(12)18(21)17-16(10-22-3)19-11-23-17/h4-8,11-13,15H,9-10H2,1-3H3/t12-,13+,15-/m1/s1. The molecule has 0 N–H and O–H groups in total. The summed E-state index contributed by atoms with van der Waals surface area (Å²) in [5.74, 6) is 0.465. The Morgan fingerprint density at radius 2 is 2.09 bits per heavy atom. The lowest BCUT2D eigenvalue weighted by Gasteiger charge is -2.27. The number of benzene rings is 1. The van der Waals surface area contributed by atoms with Crippen LogP contribution in [0.2, 0.25) is 0 Å². The molecule has 2 heterocycles. The summed E-state index contributed by atoms with van der Waals surface area (Å²) >= 11 is 1.40. The number of nitrogens with zero attached hydrogens (tertiary/aromatic N) is 2. The number of aromatic nitrogens is 1. The summed E-state index contributed by atoms with van der Waals surface area (Å²) in [6.45, 7) is 4.66. The SMILES string of the molecule is COCc1ncsc1C(=O)N1[C@H](C)C[C@@H](c2ccccc2)[C@@H]1C. The average Bonchev–Trinajstić information content (AvgIpc) is 3.13. The van der Waals surface area contributed by atoms with E-state index in [1.54, 1.807) is 12.6 Å². The number of hydrogen-bond donors (Lipinski definition) is 0. The third kappa shape index (κ3) is 3.03. The van der Waals surface area contributed by atoms with Crippen molar-refractivity contribution in [1.29, 1.82) is 0 Å². The summed E-state index contributed by atoms with van der Waals surface area (Å²) in [5, 5.41) is 0. The number of rotatable bonds is 4. The van der Waals surface area contributed by atoms with Crippen LogP contribution >= 0.6 is 11.3 Å². The topological polar surface area (TPSA) is 42.4 Å². The molecule has 4 nitrogen and oxygen atoms in total. The van der Waals surface area contributed by atoms with E-state index < -0.39 is 0 Å². The molecule has 5 heteroatoms. The van der Waals surface area contributed by atoms with Gasteiger partial charge in [0.15, 0.2) is 0 Å². The summed E-state index contributed by atoms with van der Waals surface area (Å²) in [7, 11) is 1.63. The van der Waals surface area contributed by atoms with Crippen LogP contribution in [0.25, 0.3) is 0 Å². The van der Waals surface area contributed by atoms with Crippen molar-refractivity contribution in [2.45, 2.75) is 44.9 Å². The van der Waals surface area contributed by atoms with Crippen LogP contribution in [0, 0.1) is 0 Å². The molecule has 1 aromatic heterocycles. The van der Waals surface area contributed by atoms with Crippen molar-refractivity contribution in [3.05, 3.63) is 52.0 Å². The van der Waals surface area contributed by atoms with Crippen molar-refractivity contribution in [3.8, 4) is 0 Å². The summed E-state index contributed by atoms with van der Waals surface area (Å²) < 4.78 is 5.16. The van der Waals surface area contributed by atoms with Gasteiger partial charge in [0.25, 0.3) is 5.91 Å². The lowest BCUT2D eigenvalue weighted by Crippen LogP contribution is -2.39. The Bertz CT molecular complexity index is 671. The minimum Gasteiger partial charge on any atom is -0.378 e. The number of carbonyl (C=O) groups is 1. The van der Waals surface area contributed by atoms with E-state index in [9.17, 15) is 4.79 Å². The van der Waals surface area contributed by atoms with E-state index in [2.05, 4.69) is 43.1 Å². The Kier molecular flexibility index (Phi) is 4.78. The van der Waals surface area contributed by atoms with Crippen molar-refractivity contribution < 1.29 is 9.53 Å². The van der Waals surface area contributed by atoms with Gasteiger partial charge in [-0.05, 0) is 25.8 Å². The molecular formula is C18H22N2O2S. The summed E-state index contributed by atoms with van der Waals surface area (Å²) in [6.07, 6.45) is 0.995. The summed E-state index contributed by atoms with van der Waals surface area (Å²) in [4.78, 5) is 20.0. The van der Waals surface area contributed by atoms with Crippen LogP contribution in [0.1, 0.15) is 47.1 Å². The molecule has 3 rings (SSSR count). The second-order valence-corrected chi connectivity index (χ2v) is 6.97. The van der Waals surface area contributed by atoms with E-state index in [4.69, 9.17) is 4.74 Å². The van der Waals surface area contributed by atoms with Gasteiger partial charge in [0, 0.05) is 25.1 Å². The van der Waals surface area contributed by atoms with Crippen LogP contribution in [0.15, 0.2) is 35.8 Å². The Morgan fingerprint density at radius 1 is 1.35 bits per heavy atom. The first-order chi connectivity index (χ1) is 11.1. The molecule has 1 aliphatic rings. The molecule has 2 aromatic rings. The van der Waals surface area contributed by atoms with Crippen molar-refractivity contribution in [3.63, 3.8) is 0 Å². The van der Waals surface area contributed by atoms with Gasteiger partial charge in [-0.1, -0.05) is 30.3 Å². The molecule has 122 valence electrons. The monoisotopic (exact) mass is 330 g/mol. The highest BCUT2D eigenvalue weighted by Gasteiger charge is 2.40. The number of ether oxygens (including phenoxy) is 1. The fraction of sp³-hybridized carbons (Fsp3) is 0.444. The fourth-order valence-electron chi connectivity index (χ4n) is 3.57. The lowest BCUT2D eigenvalue weighted by atomic mass is 9.92. The zero-order chi connectivity index (χ0) is 16.4. The first kappa shape index (κ1) is 16.1. The molecule has 0 bridgehead atoms. The largest absolute Gasteiger partial charge is 0.378 e. The molecule has 0 saturated carbocycles. The van der Waals surface area contributed by atoms with Gasteiger partial charge in [0.1, 0.15) is 4.88 Å². The molecule has 0 aliphatic carbocycles. The van der Waals surface area contributed by atoms with E-state index in [1.165, 1.54) is 16.9 Å². The average molecular weight is 330 g/mol. The van der Waals surface area contributed by atoms with Crippen LogP contribution in [0.3, 0.4) is 0 Å². The van der Waals surface area contributed by atoms with Crippen LogP contribution in [0.5, 0.6) is 0 Å². The molecule has 3 atom stereocenters.